The lowest BCUT2D eigenvalue weighted by Gasteiger charge is -2.09. The van der Waals surface area contributed by atoms with Crippen LogP contribution in [0.25, 0.3) is 0 Å². The summed E-state index contributed by atoms with van der Waals surface area (Å²) < 4.78 is 0. The van der Waals surface area contributed by atoms with Crippen molar-refractivity contribution in [2.45, 2.75) is 19.8 Å². The largest absolute Gasteiger partial charge is 0.476 e. The molecule has 0 unspecified atom stereocenters. The van der Waals surface area contributed by atoms with E-state index in [-0.39, 0.29) is 22.7 Å². The van der Waals surface area contributed by atoms with E-state index >= 15 is 0 Å². The van der Waals surface area contributed by atoms with Crippen molar-refractivity contribution in [2.24, 2.45) is 5.41 Å². The summed E-state index contributed by atoms with van der Waals surface area (Å²) in [5, 5.41) is 11.4. The van der Waals surface area contributed by atoms with Gasteiger partial charge in [-0.05, 0) is 18.3 Å². The lowest BCUT2D eigenvalue weighted by Crippen LogP contribution is -2.29. The molecule has 6 heteroatoms. The zero-order valence-electron chi connectivity index (χ0n) is 9.43. The van der Waals surface area contributed by atoms with E-state index in [1.54, 1.807) is 0 Å². The van der Waals surface area contributed by atoms with Crippen LogP contribution in [0, 0.1) is 5.41 Å². The SMILES string of the molecule is CC1(CNC(=O)c2cnc(C(=O)O)cn2)CC1. The van der Waals surface area contributed by atoms with Gasteiger partial charge in [0.05, 0.1) is 12.4 Å². The van der Waals surface area contributed by atoms with Crippen LogP contribution in [0.2, 0.25) is 0 Å². The Hall–Kier alpha value is -1.98. The fraction of sp³-hybridized carbons (Fsp3) is 0.455. The number of carboxylic acid groups (broad SMARTS) is 1. The number of aromatic carboxylic acids is 1. The number of hydrogen-bond acceptors (Lipinski definition) is 4. The third kappa shape index (κ3) is 2.77. The molecule has 1 aromatic rings. The highest BCUT2D eigenvalue weighted by Gasteiger charge is 2.37. The Balaban J connectivity index is 1.96. The van der Waals surface area contributed by atoms with Crippen molar-refractivity contribution in [2.75, 3.05) is 6.54 Å². The molecule has 17 heavy (non-hydrogen) atoms. The molecule has 0 spiro atoms. The molecule has 1 aliphatic carbocycles. The van der Waals surface area contributed by atoms with Crippen molar-refractivity contribution in [3.05, 3.63) is 23.8 Å². The van der Waals surface area contributed by atoms with Gasteiger partial charge in [-0.25, -0.2) is 14.8 Å². The summed E-state index contributed by atoms with van der Waals surface area (Å²) in [6.45, 7) is 2.72. The minimum Gasteiger partial charge on any atom is -0.476 e. The Kier molecular flexibility index (Phi) is 2.79. The van der Waals surface area contributed by atoms with E-state index in [1.807, 2.05) is 0 Å². The first-order valence-corrected chi connectivity index (χ1v) is 5.34. The minimum absolute atomic E-state index is 0.138. The highest BCUT2D eigenvalue weighted by atomic mass is 16.4. The summed E-state index contributed by atoms with van der Waals surface area (Å²) in [6.07, 6.45) is 4.50. The summed E-state index contributed by atoms with van der Waals surface area (Å²) >= 11 is 0. The van der Waals surface area contributed by atoms with Crippen molar-refractivity contribution < 1.29 is 14.7 Å². The summed E-state index contributed by atoms with van der Waals surface area (Å²) in [4.78, 5) is 29.6. The van der Waals surface area contributed by atoms with Crippen LogP contribution in [0.4, 0.5) is 0 Å². The van der Waals surface area contributed by atoms with Gasteiger partial charge < -0.3 is 10.4 Å². The summed E-state index contributed by atoms with van der Waals surface area (Å²) in [5.41, 5.74) is 0.194. The average molecular weight is 235 g/mol. The van der Waals surface area contributed by atoms with Gasteiger partial charge in [0, 0.05) is 6.54 Å². The first-order valence-electron chi connectivity index (χ1n) is 5.34. The van der Waals surface area contributed by atoms with E-state index in [0.717, 1.165) is 19.0 Å². The predicted octanol–water partition coefficient (Wildman–Crippen LogP) is 0.705. The van der Waals surface area contributed by atoms with Crippen LogP contribution in [0.3, 0.4) is 0 Å². The number of carboxylic acids is 1. The maximum absolute atomic E-state index is 11.6. The highest BCUT2D eigenvalue weighted by molar-refractivity contribution is 5.92. The van der Waals surface area contributed by atoms with E-state index < -0.39 is 5.97 Å². The molecule has 90 valence electrons. The Labute approximate surface area is 98.1 Å². The second-order valence-corrected chi connectivity index (χ2v) is 4.59. The van der Waals surface area contributed by atoms with Crippen LogP contribution >= 0.6 is 0 Å². The van der Waals surface area contributed by atoms with Crippen molar-refractivity contribution in [1.82, 2.24) is 15.3 Å². The van der Waals surface area contributed by atoms with Crippen LogP contribution in [-0.2, 0) is 0 Å². The Morgan fingerprint density at radius 3 is 2.41 bits per heavy atom. The van der Waals surface area contributed by atoms with Crippen LogP contribution < -0.4 is 5.32 Å². The Bertz CT molecular complexity index is 452. The van der Waals surface area contributed by atoms with Gasteiger partial charge in [0.2, 0.25) is 0 Å². The first-order chi connectivity index (χ1) is 8.00. The molecular formula is C11H13N3O3. The molecular weight excluding hydrogens is 222 g/mol. The first kappa shape index (κ1) is 11.5. The summed E-state index contributed by atoms with van der Waals surface area (Å²) in [5.74, 6) is -1.47. The van der Waals surface area contributed by atoms with Crippen LogP contribution in [-0.4, -0.2) is 33.5 Å². The minimum atomic E-state index is -1.16. The van der Waals surface area contributed by atoms with Gasteiger partial charge in [0.15, 0.2) is 5.69 Å². The summed E-state index contributed by atoms with van der Waals surface area (Å²) in [7, 11) is 0. The molecule has 0 radical (unpaired) electrons. The smallest absolute Gasteiger partial charge is 0.356 e. The number of nitrogens with one attached hydrogen (secondary N) is 1. The Morgan fingerprint density at radius 2 is 1.94 bits per heavy atom. The highest BCUT2D eigenvalue weighted by Crippen LogP contribution is 2.44. The van der Waals surface area contributed by atoms with Gasteiger partial charge in [-0.3, -0.25) is 4.79 Å². The van der Waals surface area contributed by atoms with E-state index in [2.05, 4.69) is 22.2 Å². The summed E-state index contributed by atoms with van der Waals surface area (Å²) in [6, 6.07) is 0. The van der Waals surface area contributed by atoms with Gasteiger partial charge in [0.1, 0.15) is 5.69 Å². The molecule has 0 atom stereocenters. The fourth-order valence-corrected chi connectivity index (χ4v) is 1.33. The Morgan fingerprint density at radius 1 is 1.35 bits per heavy atom. The molecule has 1 heterocycles. The van der Waals surface area contributed by atoms with Crippen molar-refractivity contribution in [1.29, 1.82) is 0 Å². The molecule has 0 saturated heterocycles. The molecule has 2 rings (SSSR count). The van der Waals surface area contributed by atoms with Gasteiger partial charge in [-0.15, -0.1) is 0 Å². The number of carbonyl (C=O) groups excluding carboxylic acids is 1. The maximum Gasteiger partial charge on any atom is 0.356 e. The number of amides is 1. The standard InChI is InChI=1S/C11H13N3O3/c1-11(2-3-11)6-14-9(15)7-4-13-8(5-12-7)10(16)17/h4-5H,2-3,6H2,1H3,(H,14,15)(H,16,17). The molecule has 1 aromatic heterocycles. The van der Waals surface area contributed by atoms with Crippen LogP contribution in [0.15, 0.2) is 12.4 Å². The van der Waals surface area contributed by atoms with Crippen molar-refractivity contribution >= 4 is 11.9 Å². The molecule has 1 aliphatic rings. The molecule has 1 fully saturated rings. The number of rotatable bonds is 4. The normalized spacial score (nSPS) is 16.3. The predicted molar refractivity (Wildman–Crippen MR) is 58.7 cm³/mol. The van der Waals surface area contributed by atoms with Crippen LogP contribution in [0.5, 0.6) is 0 Å². The zero-order chi connectivity index (χ0) is 12.5. The van der Waals surface area contributed by atoms with Crippen LogP contribution in [0.1, 0.15) is 40.7 Å². The van der Waals surface area contributed by atoms with E-state index in [9.17, 15) is 9.59 Å². The molecule has 0 aliphatic heterocycles. The van der Waals surface area contributed by atoms with Crippen molar-refractivity contribution in [3.63, 3.8) is 0 Å². The molecule has 1 amide bonds. The molecule has 2 N–H and O–H groups in total. The monoisotopic (exact) mass is 235 g/mol. The fourth-order valence-electron chi connectivity index (χ4n) is 1.33. The maximum atomic E-state index is 11.6. The molecule has 6 nitrogen and oxygen atoms in total. The third-order valence-electron chi connectivity index (χ3n) is 2.88. The third-order valence-corrected chi connectivity index (χ3v) is 2.88. The van der Waals surface area contributed by atoms with Gasteiger partial charge in [-0.2, -0.15) is 0 Å². The van der Waals surface area contributed by atoms with E-state index in [1.165, 1.54) is 6.20 Å². The lowest BCUT2D eigenvalue weighted by molar-refractivity contribution is 0.0689. The van der Waals surface area contributed by atoms with E-state index in [4.69, 9.17) is 5.11 Å². The van der Waals surface area contributed by atoms with Gasteiger partial charge in [0.25, 0.3) is 5.91 Å². The lowest BCUT2D eigenvalue weighted by atomic mass is 10.1. The second kappa shape index (κ2) is 4.12. The number of hydrogen-bond donors (Lipinski definition) is 2. The molecule has 0 aromatic carbocycles. The average Bonchev–Trinajstić information content (AvgIpc) is 3.05. The topological polar surface area (TPSA) is 92.2 Å². The van der Waals surface area contributed by atoms with Gasteiger partial charge in [-0.1, -0.05) is 6.92 Å². The van der Waals surface area contributed by atoms with Crippen molar-refractivity contribution in [3.8, 4) is 0 Å². The second-order valence-electron chi connectivity index (χ2n) is 4.59. The number of aromatic nitrogens is 2. The van der Waals surface area contributed by atoms with E-state index in [0.29, 0.717) is 6.54 Å². The molecule has 1 saturated carbocycles. The number of carbonyl (C=O) groups is 2. The zero-order valence-corrected chi connectivity index (χ0v) is 9.43. The quantitative estimate of drug-likeness (QED) is 0.801. The number of nitrogens with zero attached hydrogens (tertiary/aromatic N) is 2. The molecule has 0 bridgehead atoms. The van der Waals surface area contributed by atoms with Gasteiger partial charge >= 0.3 is 5.97 Å².